The topological polar surface area (TPSA) is 47.3 Å². The minimum Gasteiger partial charge on any atom is -0.377 e. The number of rotatable bonds is 4. The van der Waals surface area contributed by atoms with E-state index in [0.717, 1.165) is 56.7 Å². The van der Waals surface area contributed by atoms with Crippen LogP contribution in [-0.2, 0) is 10.9 Å². The Morgan fingerprint density at radius 2 is 1.88 bits per heavy atom. The molecule has 3 rings (SSSR count). The second-order valence-corrected chi connectivity index (χ2v) is 7.30. The summed E-state index contributed by atoms with van der Waals surface area (Å²) >= 11 is 0. The van der Waals surface area contributed by atoms with Gasteiger partial charge in [0.15, 0.2) is 0 Å². The summed E-state index contributed by atoms with van der Waals surface area (Å²) in [6.45, 7) is 1.62. The summed E-state index contributed by atoms with van der Waals surface area (Å²) in [5.41, 5.74) is 6.35. The van der Waals surface area contributed by atoms with Gasteiger partial charge in [-0.15, -0.1) is 0 Å². The van der Waals surface area contributed by atoms with Gasteiger partial charge in [0.2, 0.25) is 0 Å². The predicted octanol–water partition coefficient (Wildman–Crippen LogP) is 3.83. The van der Waals surface area contributed by atoms with E-state index in [9.17, 15) is 13.2 Å². The molecule has 1 saturated heterocycles. The zero-order valence-corrected chi connectivity index (χ0v) is 14.4. The molecule has 0 aromatic heterocycles. The number of alkyl halides is 3. The van der Waals surface area contributed by atoms with Crippen LogP contribution in [0, 0.1) is 0 Å². The molecule has 1 saturated carbocycles. The van der Waals surface area contributed by atoms with Crippen molar-refractivity contribution in [1.82, 2.24) is 5.32 Å². The van der Waals surface area contributed by atoms with Gasteiger partial charge in [-0.25, -0.2) is 0 Å². The molecule has 25 heavy (non-hydrogen) atoms. The monoisotopic (exact) mass is 356 g/mol. The lowest BCUT2D eigenvalue weighted by molar-refractivity contribution is -0.137. The maximum atomic E-state index is 12.9. The van der Waals surface area contributed by atoms with Gasteiger partial charge in [0.25, 0.3) is 0 Å². The van der Waals surface area contributed by atoms with E-state index in [1.54, 1.807) is 0 Å². The highest BCUT2D eigenvalue weighted by molar-refractivity contribution is 5.28. The highest BCUT2D eigenvalue weighted by Crippen LogP contribution is 2.37. The van der Waals surface area contributed by atoms with Crippen LogP contribution < -0.4 is 11.1 Å². The first-order valence-corrected chi connectivity index (χ1v) is 9.21. The van der Waals surface area contributed by atoms with Gasteiger partial charge >= 0.3 is 6.18 Å². The third-order valence-corrected chi connectivity index (χ3v) is 5.51. The van der Waals surface area contributed by atoms with Crippen molar-refractivity contribution in [3.8, 4) is 0 Å². The Morgan fingerprint density at radius 1 is 1.12 bits per heavy atom. The second kappa shape index (κ2) is 8.06. The smallest absolute Gasteiger partial charge is 0.377 e. The minimum atomic E-state index is -4.28. The molecule has 6 heteroatoms. The highest BCUT2D eigenvalue weighted by atomic mass is 19.4. The largest absolute Gasteiger partial charge is 0.416 e. The van der Waals surface area contributed by atoms with Crippen molar-refractivity contribution in [3.63, 3.8) is 0 Å². The SMILES string of the molecule is N[C@H]1CCCN[C@H]1CO[C@H]1CC[C@@H](c2cccc(C(F)(F)F)c2)CC1. The zero-order chi connectivity index (χ0) is 17.9. The molecule has 1 aromatic rings. The van der Waals surface area contributed by atoms with E-state index in [0.29, 0.717) is 6.61 Å². The van der Waals surface area contributed by atoms with Crippen molar-refractivity contribution >= 4 is 0 Å². The van der Waals surface area contributed by atoms with Gasteiger partial charge in [0.05, 0.1) is 18.3 Å². The lowest BCUT2D eigenvalue weighted by Gasteiger charge is -2.33. The Morgan fingerprint density at radius 3 is 2.56 bits per heavy atom. The molecule has 1 aliphatic heterocycles. The highest BCUT2D eigenvalue weighted by Gasteiger charge is 2.32. The Labute approximate surface area is 147 Å². The molecular weight excluding hydrogens is 329 g/mol. The molecule has 0 amide bonds. The minimum absolute atomic E-state index is 0.148. The van der Waals surface area contributed by atoms with Gasteiger partial charge in [0, 0.05) is 12.1 Å². The summed E-state index contributed by atoms with van der Waals surface area (Å²) in [5, 5.41) is 3.41. The normalized spacial score (nSPS) is 31.0. The van der Waals surface area contributed by atoms with Crippen LogP contribution in [0.5, 0.6) is 0 Å². The van der Waals surface area contributed by atoms with Crippen LogP contribution in [0.25, 0.3) is 0 Å². The zero-order valence-electron chi connectivity index (χ0n) is 14.4. The number of hydrogen-bond donors (Lipinski definition) is 2. The van der Waals surface area contributed by atoms with Gasteiger partial charge in [-0.2, -0.15) is 13.2 Å². The van der Waals surface area contributed by atoms with Gasteiger partial charge in [-0.1, -0.05) is 18.2 Å². The van der Waals surface area contributed by atoms with Crippen LogP contribution in [0.4, 0.5) is 13.2 Å². The maximum absolute atomic E-state index is 12.9. The number of nitrogens with two attached hydrogens (primary N) is 1. The molecule has 2 aliphatic rings. The van der Waals surface area contributed by atoms with Gasteiger partial charge < -0.3 is 15.8 Å². The molecule has 0 bridgehead atoms. The van der Waals surface area contributed by atoms with Gasteiger partial charge in [-0.05, 0) is 62.6 Å². The average Bonchev–Trinajstić information content (AvgIpc) is 2.61. The van der Waals surface area contributed by atoms with E-state index in [2.05, 4.69) is 5.32 Å². The van der Waals surface area contributed by atoms with E-state index in [4.69, 9.17) is 10.5 Å². The lowest BCUT2D eigenvalue weighted by Crippen LogP contribution is -2.52. The number of benzene rings is 1. The van der Waals surface area contributed by atoms with E-state index in [1.807, 2.05) is 6.07 Å². The van der Waals surface area contributed by atoms with Crippen LogP contribution in [0.15, 0.2) is 24.3 Å². The summed E-state index contributed by atoms with van der Waals surface area (Å²) < 4.78 is 44.6. The fraction of sp³-hybridized carbons (Fsp3) is 0.684. The fourth-order valence-electron chi connectivity index (χ4n) is 3.93. The van der Waals surface area contributed by atoms with Crippen LogP contribution in [0.1, 0.15) is 55.6 Å². The van der Waals surface area contributed by atoms with E-state index >= 15 is 0 Å². The molecule has 3 N–H and O–H groups in total. The van der Waals surface area contributed by atoms with Crippen molar-refractivity contribution in [3.05, 3.63) is 35.4 Å². The number of hydrogen-bond acceptors (Lipinski definition) is 3. The van der Waals surface area contributed by atoms with Crippen molar-refractivity contribution < 1.29 is 17.9 Å². The maximum Gasteiger partial charge on any atom is 0.416 e. The molecule has 2 fully saturated rings. The molecule has 0 unspecified atom stereocenters. The average molecular weight is 356 g/mol. The molecule has 2 atom stereocenters. The summed E-state index contributed by atoms with van der Waals surface area (Å²) in [4.78, 5) is 0. The molecule has 3 nitrogen and oxygen atoms in total. The van der Waals surface area contributed by atoms with E-state index in [1.165, 1.54) is 12.1 Å². The van der Waals surface area contributed by atoms with Gasteiger partial charge in [-0.3, -0.25) is 0 Å². The van der Waals surface area contributed by atoms with Crippen molar-refractivity contribution in [1.29, 1.82) is 0 Å². The molecule has 1 heterocycles. The van der Waals surface area contributed by atoms with Crippen molar-refractivity contribution in [2.24, 2.45) is 5.73 Å². The number of piperidine rings is 1. The predicted molar refractivity (Wildman–Crippen MR) is 91.4 cm³/mol. The summed E-state index contributed by atoms with van der Waals surface area (Å²) in [6, 6.07) is 6.13. The molecule has 0 radical (unpaired) electrons. The van der Waals surface area contributed by atoms with E-state index < -0.39 is 11.7 Å². The van der Waals surface area contributed by atoms with Crippen LogP contribution >= 0.6 is 0 Å². The summed E-state index contributed by atoms with van der Waals surface area (Å²) in [7, 11) is 0. The van der Waals surface area contributed by atoms with Crippen molar-refractivity contribution in [2.75, 3.05) is 13.2 Å². The first-order valence-electron chi connectivity index (χ1n) is 9.21. The Kier molecular flexibility index (Phi) is 6.02. The molecule has 1 aliphatic carbocycles. The first-order chi connectivity index (χ1) is 11.9. The third-order valence-electron chi connectivity index (χ3n) is 5.51. The molecular formula is C19H27F3N2O. The Balaban J connectivity index is 1.49. The number of ether oxygens (including phenoxy) is 1. The third kappa shape index (κ3) is 4.96. The summed E-state index contributed by atoms with van der Waals surface area (Å²) in [5.74, 6) is 0.192. The van der Waals surface area contributed by atoms with Gasteiger partial charge in [0.1, 0.15) is 0 Å². The van der Waals surface area contributed by atoms with Crippen molar-refractivity contribution in [2.45, 2.75) is 68.8 Å². The first kappa shape index (κ1) is 18.7. The lowest BCUT2D eigenvalue weighted by atomic mass is 9.82. The molecule has 0 spiro atoms. The number of nitrogens with one attached hydrogen (secondary N) is 1. The standard InChI is InChI=1S/C19H27F3N2O/c20-19(21,22)15-4-1-3-14(11-15)13-6-8-16(9-7-13)25-12-18-17(23)5-2-10-24-18/h1,3-4,11,13,16-18,24H,2,5-10,12,23H2/t13-,16+,17-,18-/m0/s1. The van der Waals surface area contributed by atoms with Crippen LogP contribution in [0.3, 0.4) is 0 Å². The Bertz CT molecular complexity index is 556. The second-order valence-electron chi connectivity index (χ2n) is 7.30. The quantitative estimate of drug-likeness (QED) is 0.862. The molecule has 140 valence electrons. The Hall–Kier alpha value is -1.11. The van der Waals surface area contributed by atoms with Crippen LogP contribution in [-0.4, -0.2) is 31.3 Å². The number of halogens is 3. The summed E-state index contributed by atoms with van der Waals surface area (Å²) in [6.07, 6.45) is 1.58. The fourth-order valence-corrected chi connectivity index (χ4v) is 3.93. The molecule has 1 aromatic carbocycles. The van der Waals surface area contributed by atoms with Crippen LogP contribution in [0.2, 0.25) is 0 Å². The van der Waals surface area contributed by atoms with E-state index in [-0.39, 0.29) is 24.1 Å².